The Morgan fingerprint density at radius 2 is 1.92 bits per heavy atom. The van der Waals surface area contributed by atoms with Crippen LogP contribution in [0.5, 0.6) is 0 Å². The second-order valence-electron chi connectivity index (χ2n) is 2.63. The smallest absolute Gasteiger partial charge is 0.238 e. The molecule has 0 aromatic heterocycles. The lowest BCUT2D eigenvalue weighted by atomic mass is 10.2. The standard InChI is InChI=1S/C8H11NO3S/c9-13(11,12)8-4-2-1-3-7(8)5-6-10/h1-4,10H,5-6H2,(H2,9,11,12). The lowest BCUT2D eigenvalue weighted by Crippen LogP contribution is -2.14. The Bertz CT molecular complexity index is 386. The van der Waals surface area contributed by atoms with Crippen LogP contribution in [-0.4, -0.2) is 20.1 Å². The predicted octanol–water partition coefficient (Wildman–Crippen LogP) is -0.131. The lowest BCUT2D eigenvalue weighted by Gasteiger charge is -2.04. The highest BCUT2D eigenvalue weighted by atomic mass is 32.2. The van der Waals surface area contributed by atoms with Gasteiger partial charge in [0.2, 0.25) is 10.0 Å². The topological polar surface area (TPSA) is 80.4 Å². The van der Waals surface area contributed by atoms with E-state index in [0.29, 0.717) is 12.0 Å². The van der Waals surface area contributed by atoms with Crippen LogP contribution in [-0.2, 0) is 16.4 Å². The van der Waals surface area contributed by atoms with Crippen molar-refractivity contribution in [3.8, 4) is 0 Å². The third kappa shape index (κ3) is 2.51. The first-order valence-electron chi connectivity index (χ1n) is 3.77. The first kappa shape index (κ1) is 10.2. The van der Waals surface area contributed by atoms with Gasteiger partial charge in [0.25, 0.3) is 0 Å². The summed E-state index contributed by atoms with van der Waals surface area (Å²) in [6.45, 7) is -0.0907. The molecule has 0 saturated carbocycles. The number of benzene rings is 1. The first-order valence-corrected chi connectivity index (χ1v) is 5.32. The fourth-order valence-corrected chi connectivity index (χ4v) is 1.91. The molecule has 0 spiro atoms. The Morgan fingerprint density at radius 3 is 2.46 bits per heavy atom. The van der Waals surface area contributed by atoms with E-state index in [-0.39, 0.29) is 11.5 Å². The highest BCUT2D eigenvalue weighted by Crippen LogP contribution is 2.13. The number of hydrogen-bond donors (Lipinski definition) is 2. The van der Waals surface area contributed by atoms with E-state index in [1.165, 1.54) is 6.07 Å². The molecule has 0 saturated heterocycles. The van der Waals surface area contributed by atoms with E-state index < -0.39 is 10.0 Å². The van der Waals surface area contributed by atoms with Crippen LogP contribution in [0.1, 0.15) is 5.56 Å². The molecule has 0 amide bonds. The predicted molar refractivity (Wildman–Crippen MR) is 48.6 cm³/mol. The molecule has 0 heterocycles. The highest BCUT2D eigenvalue weighted by Gasteiger charge is 2.11. The molecule has 5 heteroatoms. The van der Waals surface area contributed by atoms with Gasteiger partial charge in [-0.25, -0.2) is 13.6 Å². The minimum absolute atomic E-state index is 0.0871. The lowest BCUT2D eigenvalue weighted by molar-refractivity contribution is 0.298. The van der Waals surface area contributed by atoms with Crippen molar-refractivity contribution in [2.75, 3.05) is 6.61 Å². The number of aliphatic hydroxyl groups excluding tert-OH is 1. The SMILES string of the molecule is NS(=O)(=O)c1ccccc1CCO. The summed E-state index contributed by atoms with van der Waals surface area (Å²) >= 11 is 0. The summed E-state index contributed by atoms with van der Waals surface area (Å²) < 4.78 is 22.0. The number of primary sulfonamides is 1. The van der Waals surface area contributed by atoms with Gasteiger partial charge in [-0.2, -0.15) is 0 Å². The molecule has 0 aliphatic heterocycles. The zero-order valence-corrected chi connectivity index (χ0v) is 7.79. The minimum atomic E-state index is -3.67. The first-order chi connectivity index (χ1) is 6.05. The third-order valence-electron chi connectivity index (χ3n) is 1.66. The molecule has 0 atom stereocenters. The number of sulfonamides is 1. The number of rotatable bonds is 3. The van der Waals surface area contributed by atoms with E-state index in [4.69, 9.17) is 10.2 Å². The fourth-order valence-electron chi connectivity index (χ4n) is 1.11. The van der Waals surface area contributed by atoms with Crippen LogP contribution in [0.2, 0.25) is 0 Å². The summed E-state index contributed by atoms with van der Waals surface area (Å²) in [7, 11) is -3.67. The van der Waals surface area contributed by atoms with Gasteiger partial charge in [0.05, 0.1) is 4.90 Å². The van der Waals surface area contributed by atoms with Gasteiger partial charge in [-0.05, 0) is 18.1 Å². The van der Waals surface area contributed by atoms with Crippen LogP contribution in [0.15, 0.2) is 29.2 Å². The van der Waals surface area contributed by atoms with Crippen molar-refractivity contribution in [3.63, 3.8) is 0 Å². The van der Waals surface area contributed by atoms with Gasteiger partial charge in [0.15, 0.2) is 0 Å². The molecule has 0 radical (unpaired) electrons. The zero-order chi connectivity index (χ0) is 9.90. The Hall–Kier alpha value is -0.910. The van der Waals surface area contributed by atoms with Crippen molar-refractivity contribution in [3.05, 3.63) is 29.8 Å². The average molecular weight is 201 g/mol. The van der Waals surface area contributed by atoms with Crippen LogP contribution < -0.4 is 5.14 Å². The third-order valence-corrected chi connectivity index (χ3v) is 2.67. The van der Waals surface area contributed by atoms with Crippen molar-refractivity contribution in [1.82, 2.24) is 0 Å². The fraction of sp³-hybridized carbons (Fsp3) is 0.250. The van der Waals surface area contributed by atoms with Crippen molar-refractivity contribution in [2.45, 2.75) is 11.3 Å². The van der Waals surface area contributed by atoms with Gasteiger partial charge < -0.3 is 5.11 Å². The van der Waals surface area contributed by atoms with Gasteiger partial charge in [-0.15, -0.1) is 0 Å². The second-order valence-corrected chi connectivity index (χ2v) is 4.16. The van der Waals surface area contributed by atoms with Crippen LogP contribution in [0.25, 0.3) is 0 Å². The maximum atomic E-state index is 11.0. The molecule has 1 aromatic carbocycles. The number of aliphatic hydroxyl groups is 1. The molecule has 0 aliphatic rings. The van der Waals surface area contributed by atoms with Crippen LogP contribution in [0, 0.1) is 0 Å². The van der Waals surface area contributed by atoms with E-state index in [9.17, 15) is 8.42 Å². The number of nitrogens with two attached hydrogens (primary N) is 1. The maximum Gasteiger partial charge on any atom is 0.238 e. The number of hydrogen-bond acceptors (Lipinski definition) is 3. The largest absolute Gasteiger partial charge is 0.396 e. The van der Waals surface area contributed by atoms with E-state index >= 15 is 0 Å². The summed E-state index contributed by atoms with van der Waals surface area (Å²) in [6.07, 6.45) is 0.298. The molecular weight excluding hydrogens is 190 g/mol. The molecule has 0 aliphatic carbocycles. The summed E-state index contributed by atoms with van der Waals surface area (Å²) in [4.78, 5) is 0.0871. The van der Waals surface area contributed by atoms with Crippen molar-refractivity contribution < 1.29 is 13.5 Å². The molecule has 1 aromatic rings. The zero-order valence-electron chi connectivity index (χ0n) is 6.97. The molecule has 0 fully saturated rings. The van der Waals surface area contributed by atoms with Gasteiger partial charge in [-0.1, -0.05) is 18.2 Å². The van der Waals surface area contributed by atoms with E-state index in [1.807, 2.05) is 0 Å². The Kier molecular flexibility index (Phi) is 3.02. The van der Waals surface area contributed by atoms with Crippen LogP contribution in [0.4, 0.5) is 0 Å². The molecule has 1 rings (SSSR count). The molecule has 72 valence electrons. The van der Waals surface area contributed by atoms with Crippen molar-refractivity contribution in [1.29, 1.82) is 0 Å². The molecule has 4 nitrogen and oxygen atoms in total. The van der Waals surface area contributed by atoms with Crippen molar-refractivity contribution in [2.24, 2.45) is 5.14 Å². The van der Waals surface area contributed by atoms with E-state index in [2.05, 4.69) is 0 Å². The molecular formula is C8H11NO3S. The van der Waals surface area contributed by atoms with Crippen LogP contribution in [0.3, 0.4) is 0 Å². The second kappa shape index (κ2) is 3.87. The Morgan fingerprint density at radius 1 is 1.31 bits per heavy atom. The molecule has 0 bridgehead atoms. The van der Waals surface area contributed by atoms with E-state index in [1.54, 1.807) is 18.2 Å². The minimum Gasteiger partial charge on any atom is -0.396 e. The monoisotopic (exact) mass is 201 g/mol. The van der Waals surface area contributed by atoms with Gasteiger partial charge in [0, 0.05) is 6.61 Å². The van der Waals surface area contributed by atoms with Gasteiger partial charge in [0.1, 0.15) is 0 Å². The van der Waals surface area contributed by atoms with E-state index in [0.717, 1.165) is 0 Å². The normalized spacial score (nSPS) is 11.5. The summed E-state index contributed by atoms with van der Waals surface area (Å²) in [5.74, 6) is 0. The maximum absolute atomic E-state index is 11.0. The molecule has 0 unspecified atom stereocenters. The van der Waals surface area contributed by atoms with Crippen molar-refractivity contribution >= 4 is 10.0 Å². The average Bonchev–Trinajstić information content (AvgIpc) is 2.04. The Balaban J connectivity index is 3.20. The Labute approximate surface area is 77.1 Å². The summed E-state index contributed by atoms with van der Waals surface area (Å²) in [6, 6.07) is 6.37. The highest BCUT2D eigenvalue weighted by molar-refractivity contribution is 7.89. The molecule has 3 N–H and O–H groups in total. The summed E-state index contributed by atoms with van der Waals surface area (Å²) in [5, 5.41) is 13.7. The summed E-state index contributed by atoms with van der Waals surface area (Å²) in [5.41, 5.74) is 0.549. The molecule has 13 heavy (non-hydrogen) atoms. The van der Waals surface area contributed by atoms with Gasteiger partial charge >= 0.3 is 0 Å². The van der Waals surface area contributed by atoms with Crippen LogP contribution >= 0.6 is 0 Å². The van der Waals surface area contributed by atoms with Gasteiger partial charge in [-0.3, -0.25) is 0 Å². The quantitative estimate of drug-likeness (QED) is 0.714.